The number of nitrogens with zero attached hydrogens (tertiary/aromatic N) is 2. The molecule has 0 saturated carbocycles. The maximum atomic E-state index is 11.8. The fourth-order valence-corrected chi connectivity index (χ4v) is 3.41. The zero-order valence-corrected chi connectivity index (χ0v) is 14.7. The van der Waals surface area contributed by atoms with Gasteiger partial charge in [0.2, 0.25) is 11.0 Å². The highest BCUT2D eigenvalue weighted by atomic mass is 32.2. The molecular weight excluding hydrogens is 332 g/mol. The van der Waals surface area contributed by atoms with E-state index in [0.29, 0.717) is 18.9 Å². The first kappa shape index (κ1) is 17.7. The third kappa shape index (κ3) is 6.55. The quantitative estimate of drug-likeness (QED) is 0.675. The number of aromatic nitrogens is 2. The molecular formula is C15H20N4O2S2. The maximum Gasteiger partial charge on any atom is 0.230 e. The van der Waals surface area contributed by atoms with Crippen molar-refractivity contribution in [2.45, 2.75) is 23.8 Å². The zero-order chi connectivity index (χ0) is 16.5. The van der Waals surface area contributed by atoms with Gasteiger partial charge in [0, 0.05) is 19.7 Å². The Morgan fingerprint density at radius 2 is 2.13 bits per heavy atom. The highest BCUT2D eigenvalue weighted by Gasteiger charge is 2.10. The summed E-state index contributed by atoms with van der Waals surface area (Å²) in [7, 11) is 1.61. The first-order chi connectivity index (χ1) is 11.2. The molecule has 1 aromatic heterocycles. The summed E-state index contributed by atoms with van der Waals surface area (Å²) in [6.45, 7) is 3.11. The summed E-state index contributed by atoms with van der Waals surface area (Å²) >= 11 is 2.83. The van der Waals surface area contributed by atoms with E-state index < -0.39 is 0 Å². The van der Waals surface area contributed by atoms with Crippen molar-refractivity contribution in [2.75, 3.05) is 24.8 Å². The Hall–Kier alpha value is -1.64. The number of thioether (sulfide) groups is 1. The molecule has 0 aliphatic heterocycles. The third-order valence-corrected chi connectivity index (χ3v) is 4.86. The minimum Gasteiger partial charge on any atom is -0.383 e. The molecule has 0 fully saturated rings. The third-order valence-electron chi connectivity index (χ3n) is 2.84. The number of hydrogen-bond donors (Lipinski definition) is 2. The van der Waals surface area contributed by atoms with Crippen LogP contribution in [0.2, 0.25) is 0 Å². The van der Waals surface area contributed by atoms with Crippen LogP contribution in [0.1, 0.15) is 12.5 Å². The molecule has 23 heavy (non-hydrogen) atoms. The summed E-state index contributed by atoms with van der Waals surface area (Å²) < 4.78 is 5.76. The smallest absolute Gasteiger partial charge is 0.230 e. The van der Waals surface area contributed by atoms with Gasteiger partial charge in [-0.15, -0.1) is 10.2 Å². The number of carbonyl (C=O) groups excluding carboxylic acids is 1. The average Bonchev–Trinajstić information content (AvgIpc) is 3.00. The molecule has 1 heterocycles. The van der Waals surface area contributed by atoms with Gasteiger partial charge < -0.3 is 15.4 Å². The number of carbonyl (C=O) groups is 1. The van der Waals surface area contributed by atoms with Gasteiger partial charge in [-0.25, -0.2) is 0 Å². The number of benzene rings is 1. The van der Waals surface area contributed by atoms with E-state index in [9.17, 15) is 4.79 Å². The van der Waals surface area contributed by atoms with Crippen molar-refractivity contribution in [3.8, 4) is 0 Å². The SMILES string of the molecule is COCC(C)NC(=O)CSc1nnc(NCc2ccccc2)s1. The number of anilines is 1. The number of hydrogen-bond acceptors (Lipinski definition) is 7. The molecule has 0 saturated heterocycles. The number of amides is 1. The van der Waals surface area contributed by atoms with Crippen LogP contribution in [0.25, 0.3) is 0 Å². The first-order valence-corrected chi connectivity index (χ1v) is 9.00. The van der Waals surface area contributed by atoms with E-state index in [1.54, 1.807) is 7.11 Å². The molecule has 0 spiro atoms. The van der Waals surface area contributed by atoms with Crippen LogP contribution in [-0.4, -0.2) is 41.6 Å². The normalized spacial score (nSPS) is 11.9. The molecule has 2 aromatic rings. The summed E-state index contributed by atoms with van der Waals surface area (Å²) in [5.74, 6) is 0.287. The number of nitrogens with one attached hydrogen (secondary N) is 2. The van der Waals surface area contributed by atoms with E-state index in [4.69, 9.17) is 4.74 Å². The van der Waals surface area contributed by atoms with Crippen LogP contribution in [0, 0.1) is 0 Å². The van der Waals surface area contributed by atoms with Gasteiger partial charge in [0.15, 0.2) is 4.34 Å². The Morgan fingerprint density at radius 1 is 1.35 bits per heavy atom. The Kier molecular flexibility index (Phi) is 7.31. The highest BCUT2D eigenvalue weighted by molar-refractivity contribution is 8.01. The molecule has 1 unspecified atom stereocenters. The lowest BCUT2D eigenvalue weighted by Crippen LogP contribution is -2.36. The van der Waals surface area contributed by atoms with E-state index >= 15 is 0 Å². The molecule has 2 N–H and O–H groups in total. The van der Waals surface area contributed by atoms with Crippen LogP contribution in [0.4, 0.5) is 5.13 Å². The molecule has 1 aromatic carbocycles. The standard InChI is InChI=1S/C15H20N4O2S2/c1-11(9-21-2)17-13(20)10-22-15-19-18-14(23-15)16-8-12-6-4-3-5-7-12/h3-7,11H,8-10H2,1-2H3,(H,16,18)(H,17,20). The predicted molar refractivity (Wildman–Crippen MR) is 93.9 cm³/mol. The molecule has 1 atom stereocenters. The summed E-state index contributed by atoms with van der Waals surface area (Å²) in [5, 5.41) is 15.0. The van der Waals surface area contributed by atoms with Gasteiger partial charge in [-0.1, -0.05) is 53.4 Å². The minimum absolute atomic E-state index is 0.00520. The van der Waals surface area contributed by atoms with Crippen molar-refractivity contribution in [3.63, 3.8) is 0 Å². The zero-order valence-electron chi connectivity index (χ0n) is 13.1. The van der Waals surface area contributed by atoms with Crippen LogP contribution < -0.4 is 10.6 Å². The second kappa shape index (κ2) is 9.49. The number of rotatable bonds is 9. The van der Waals surface area contributed by atoms with E-state index in [0.717, 1.165) is 9.47 Å². The van der Waals surface area contributed by atoms with Crippen molar-refractivity contribution >= 4 is 34.1 Å². The largest absolute Gasteiger partial charge is 0.383 e. The van der Waals surface area contributed by atoms with E-state index in [1.165, 1.54) is 28.7 Å². The van der Waals surface area contributed by atoms with Gasteiger partial charge >= 0.3 is 0 Å². The highest BCUT2D eigenvalue weighted by Crippen LogP contribution is 2.25. The minimum atomic E-state index is -0.0338. The van der Waals surface area contributed by atoms with Crippen LogP contribution in [-0.2, 0) is 16.1 Å². The van der Waals surface area contributed by atoms with Crippen LogP contribution in [0.5, 0.6) is 0 Å². The molecule has 0 bridgehead atoms. The molecule has 0 aliphatic carbocycles. The second-order valence-corrected chi connectivity index (χ2v) is 7.12. The topological polar surface area (TPSA) is 76.1 Å². The molecule has 8 heteroatoms. The van der Waals surface area contributed by atoms with Gasteiger partial charge in [0.1, 0.15) is 0 Å². The predicted octanol–water partition coefficient (Wildman–Crippen LogP) is 2.39. The Labute approximate surface area is 144 Å². The molecule has 6 nitrogen and oxygen atoms in total. The lowest BCUT2D eigenvalue weighted by Gasteiger charge is -2.11. The molecule has 1 amide bonds. The van der Waals surface area contributed by atoms with Gasteiger partial charge in [-0.05, 0) is 12.5 Å². The Morgan fingerprint density at radius 3 is 2.87 bits per heavy atom. The van der Waals surface area contributed by atoms with Crippen LogP contribution in [0.3, 0.4) is 0 Å². The van der Waals surface area contributed by atoms with Gasteiger partial charge in [0.25, 0.3) is 0 Å². The lowest BCUT2D eigenvalue weighted by molar-refractivity contribution is -0.119. The van der Waals surface area contributed by atoms with Crippen molar-refractivity contribution in [3.05, 3.63) is 35.9 Å². The van der Waals surface area contributed by atoms with E-state index in [-0.39, 0.29) is 11.9 Å². The molecule has 0 radical (unpaired) electrons. The summed E-state index contributed by atoms with van der Waals surface area (Å²) in [6, 6.07) is 10.1. The van der Waals surface area contributed by atoms with Gasteiger partial charge in [0.05, 0.1) is 12.4 Å². The Bertz CT molecular complexity index is 607. The van der Waals surface area contributed by atoms with Gasteiger partial charge in [-0.3, -0.25) is 4.79 Å². The summed E-state index contributed by atoms with van der Waals surface area (Å²) in [5.41, 5.74) is 1.18. The van der Waals surface area contributed by atoms with Crippen molar-refractivity contribution in [1.29, 1.82) is 0 Å². The Balaban J connectivity index is 1.73. The van der Waals surface area contributed by atoms with Crippen molar-refractivity contribution in [2.24, 2.45) is 0 Å². The average molecular weight is 352 g/mol. The fourth-order valence-electron chi connectivity index (χ4n) is 1.85. The molecule has 124 valence electrons. The first-order valence-electron chi connectivity index (χ1n) is 7.19. The maximum absolute atomic E-state index is 11.8. The number of ether oxygens (including phenoxy) is 1. The summed E-state index contributed by atoms with van der Waals surface area (Å²) in [6.07, 6.45) is 0. The van der Waals surface area contributed by atoms with Crippen LogP contribution >= 0.6 is 23.1 Å². The summed E-state index contributed by atoms with van der Waals surface area (Å²) in [4.78, 5) is 11.8. The monoisotopic (exact) mass is 352 g/mol. The van der Waals surface area contributed by atoms with Gasteiger partial charge in [-0.2, -0.15) is 0 Å². The second-order valence-electron chi connectivity index (χ2n) is 4.92. The lowest BCUT2D eigenvalue weighted by atomic mass is 10.2. The van der Waals surface area contributed by atoms with E-state index in [2.05, 4.69) is 33.0 Å². The van der Waals surface area contributed by atoms with Crippen molar-refractivity contribution in [1.82, 2.24) is 15.5 Å². The molecule has 2 rings (SSSR count). The van der Waals surface area contributed by atoms with Crippen molar-refractivity contribution < 1.29 is 9.53 Å². The van der Waals surface area contributed by atoms with E-state index in [1.807, 2.05) is 25.1 Å². The molecule has 0 aliphatic rings. The number of methoxy groups -OCH3 is 1. The fraction of sp³-hybridized carbons (Fsp3) is 0.400. The van der Waals surface area contributed by atoms with Crippen LogP contribution in [0.15, 0.2) is 34.7 Å².